The highest BCUT2D eigenvalue weighted by Gasteiger charge is 2.47. The third-order valence-corrected chi connectivity index (χ3v) is 7.51. The van der Waals surface area contributed by atoms with E-state index in [9.17, 15) is 17.6 Å². The number of piperazine rings is 1. The first-order chi connectivity index (χ1) is 12.4. The second-order valence-corrected chi connectivity index (χ2v) is 8.72. The first-order valence-corrected chi connectivity index (χ1v) is 10.6. The number of halogens is 1. The summed E-state index contributed by atoms with van der Waals surface area (Å²) in [6.07, 6.45) is 0.664. The number of amides is 1. The fourth-order valence-electron chi connectivity index (χ4n) is 3.67. The minimum absolute atomic E-state index is 0.0122. The number of hydrogen-bond donors (Lipinski definition) is 0. The van der Waals surface area contributed by atoms with Crippen LogP contribution in [-0.2, 0) is 15.0 Å². The summed E-state index contributed by atoms with van der Waals surface area (Å²) in [5, 5.41) is 0. The van der Waals surface area contributed by atoms with Crippen LogP contribution < -0.4 is 0 Å². The lowest BCUT2D eigenvalue weighted by molar-refractivity contribution is -0.133. The topological polar surface area (TPSA) is 60.9 Å². The molecule has 26 heavy (non-hydrogen) atoms. The second kappa shape index (κ2) is 7.62. The van der Waals surface area contributed by atoms with Crippen LogP contribution in [0.25, 0.3) is 0 Å². The van der Waals surface area contributed by atoms with Crippen LogP contribution >= 0.6 is 0 Å². The molecule has 6 nitrogen and oxygen atoms in total. The van der Waals surface area contributed by atoms with Crippen molar-refractivity contribution in [2.24, 2.45) is 5.92 Å². The summed E-state index contributed by atoms with van der Waals surface area (Å²) in [6, 6.07) is 6.59. The maximum Gasteiger partial charge on any atom is 0.282 e. The quantitative estimate of drug-likeness (QED) is 0.751. The summed E-state index contributed by atoms with van der Waals surface area (Å²) < 4.78 is 41.9. The highest BCUT2D eigenvalue weighted by atomic mass is 32.2. The molecule has 2 fully saturated rings. The molecule has 1 amide bonds. The van der Waals surface area contributed by atoms with Crippen LogP contribution in [0.5, 0.6) is 0 Å². The summed E-state index contributed by atoms with van der Waals surface area (Å²) in [6.45, 7) is 5.89. The maximum atomic E-state index is 13.9. The Bertz CT molecular complexity index is 759. The van der Waals surface area contributed by atoms with E-state index in [1.807, 2.05) is 13.8 Å². The van der Waals surface area contributed by atoms with Crippen LogP contribution in [0.15, 0.2) is 24.3 Å². The molecule has 1 aromatic rings. The van der Waals surface area contributed by atoms with Crippen LogP contribution in [0.3, 0.4) is 0 Å². The van der Waals surface area contributed by atoms with E-state index < -0.39 is 10.2 Å². The highest BCUT2D eigenvalue weighted by molar-refractivity contribution is 7.86. The first kappa shape index (κ1) is 19.3. The lowest BCUT2D eigenvalue weighted by Gasteiger charge is -2.36. The van der Waals surface area contributed by atoms with Gasteiger partial charge in [0.05, 0.1) is 0 Å². The summed E-state index contributed by atoms with van der Waals surface area (Å²) in [5.74, 6) is -0.486. The third kappa shape index (κ3) is 3.63. The molecular formula is C18H26FN3O3S. The number of benzene rings is 1. The van der Waals surface area contributed by atoms with Gasteiger partial charge in [0.2, 0.25) is 5.91 Å². The fourth-order valence-corrected chi connectivity index (χ4v) is 5.28. The molecule has 1 heterocycles. The number of carbonyl (C=O) groups excluding carboxylic acids is 1. The summed E-state index contributed by atoms with van der Waals surface area (Å²) in [7, 11) is -3.46. The molecule has 0 spiro atoms. The molecule has 1 saturated heterocycles. The van der Waals surface area contributed by atoms with Gasteiger partial charge in [0, 0.05) is 45.2 Å². The van der Waals surface area contributed by atoms with Gasteiger partial charge in [-0.25, -0.2) is 4.39 Å². The van der Waals surface area contributed by atoms with E-state index in [-0.39, 0.29) is 23.6 Å². The third-order valence-electron chi connectivity index (χ3n) is 5.32. The van der Waals surface area contributed by atoms with Crippen LogP contribution in [0.2, 0.25) is 0 Å². The SMILES string of the molecule is CCN(CC)S(=O)(=O)N1CCN(C(=O)C2CC2c2ccccc2F)CC1. The zero-order valence-electron chi connectivity index (χ0n) is 15.3. The normalized spacial score (nSPS) is 24.1. The van der Waals surface area contributed by atoms with Crippen molar-refractivity contribution in [3.8, 4) is 0 Å². The Balaban J connectivity index is 1.58. The van der Waals surface area contributed by atoms with Crippen molar-refractivity contribution in [3.63, 3.8) is 0 Å². The Morgan fingerprint density at radius 1 is 1.15 bits per heavy atom. The zero-order valence-corrected chi connectivity index (χ0v) is 16.1. The molecule has 3 rings (SSSR count). The fraction of sp³-hybridized carbons (Fsp3) is 0.611. The predicted octanol–water partition coefficient (Wildman–Crippen LogP) is 1.66. The molecule has 0 bridgehead atoms. The van der Waals surface area contributed by atoms with Gasteiger partial charge in [0.25, 0.3) is 10.2 Å². The van der Waals surface area contributed by atoms with E-state index in [1.165, 1.54) is 14.7 Å². The lowest BCUT2D eigenvalue weighted by atomic mass is 10.1. The molecule has 0 radical (unpaired) electrons. The average molecular weight is 383 g/mol. The van der Waals surface area contributed by atoms with Crippen molar-refractivity contribution in [2.45, 2.75) is 26.2 Å². The second-order valence-electron chi connectivity index (χ2n) is 6.79. The maximum absolute atomic E-state index is 13.9. The van der Waals surface area contributed by atoms with Crippen molar-refractivity contribution in [3.05, 3.63) is 35.6 Å². The van der Waals surface area contributed by atoms with Gasteiger partial charge in [-0.1, -0.05) is 32.0 Å². The molecule has 1 aliphatic heterocycles. The van der Waals surface area contributed by atoms with Crippen LogP contribution in [0.1, 0.15) is 31.7 Å². The lowest BCUT2D eigenvalue weighted by Crippen LogP contribution is -2.54. The molecule has 1 aromatic carbocycles. The van der Waals surface area contributed by atoms with Crippen LogP contribution in [0, 0.1) is 11.7 Å². The summed E-state index contributed by atoms with van der Waals surface area (Å²) >= 11 is 0. The van der Waals surface area contributed by atoms with Crippen molar-refractivity contribution < 1.29 is 17.6 Å². The standard InChI is InChI=1S/C18H26FN3O3S/c1-3-21(4-2)26(24,25)22-11-9-20(10-12-22)18(23)16-13-15(16)14-7-5-6-8-17(14)19/h5-8,15-16H,3-4,9-13H2,1-2H3. The number of rotatable bonds is 6. The van der Waals surface area contributed by atoms with E-state index >= 15 is 0 Å². The van der Waals surface area contributed by atoms with Gasteiger partial charge < -0.3 is 4.90 Å². The van der Waals surface area contributed by atoms with E-state index in [0.29, 0.717) is 51.3 Å². The van der Waals surface area contributed by atoms with Crippen molar-refractivity contribution in [1.29, 1.82) is 0 Å². The molecule has 1 aliphatic carbocycles. The van der Waals surface area contributed by atoms with Gasteiger partial charge in [-0.15, -0.1) is 0 Å². The van der Waals surface area contributed by atoms with Gasteiger partial charge in [0.1, 0.15) is 5.82 Å². The molecule has 2 unspecified atom stereocenters. The van der Waals surface area contributed by atoms with E-state index in [1.54, 1.807) is 23.1 Å². The van der Waals surface area contributed by atoms with Crippen LogP contribution in [0.4, 0.5) is 4.39 Å². The van der Waals surface area contributed by atoms with E-state index in [0.717, 1.165) is 0 Å². The Hall–Kier alpha value is -1.51. The zero-order chi connectivity index (χ0) is 18.9. The molecule has 0 N–H and O–H groups in total. The number of nitrogens with zero attached hydrogens (tertiary/aromatic N) is 3. The highest BCUT2D eigenvalue weighted by Crippen LogP contribution is 2.49. The van der Waals surface area contributed by atoms with Crippen molar-refractivity contribution >= 4 is 16.1 Å². The van der Waals surface area contributed by atoms with Gasteiger partial charge in [-0.2, -0.15) is 17.0 Å². The Kier molecular flexibility index (Phi) is 5.64. The number of hydrogen-bond acceptors (Lipinski definition) is 3. The Morgan fingerprint density at radius 2 is 1.77 bits per heavy atom. The van der Waals surface area contributed by atoms with Gasteiger partial charge in [-0.3, -0.25) is 4.79 Å². The van der Waals surface area contributed by atoms with E-state index in [2.05, 4.69) is 0 Å². The predicted molar refractivity (Wildman–Crippen MR) is 97.2 cm³/mol. The monoisotopic (exact) mass is 383 g/mol. The molecule has 0 aromatic heterocycles. The molecule has 144 valence electrons. The first-order valence-electron chi connectivity index (χ1n) is 9.18. The molecule has 8 heteroatoms. The summed E-state index contributed by atoms with van der Waals surface area (Å²) in [4.78, 5) is 14.4. The molecular weight excluding hydrogens is 357 g/mol. The molecule has 1 saturated carbocycles. The number of carbonyl (C=O) groups is 1. The smallest absolute Gasteiger partial charge is 0.282 e. The summed E-state index contributed by atoms with van der Waals surface area (Å²) in [5.41, 5.74) is 0.605. The average Bonchev–Trinajstić information content (AvgIpc) is 3.43. The molecule has 2 atom stereocenters. The molecule has 2 aliphatic rings. The Labute approximate surface area is 154 Å². The largest absolute Gasteiger partial charge is 0.340 e. The van der Waals surface area contributed by atoms with Gasteiger partial charge in [0.15, 0.2) is 0 Å². The van der Waals surface area contributed by atoms with E-state index in [4.69, 9.17) is 0 Å². The van der Waals surface area contributed by atoms with Crippen LogP contribution in [-0.4, -0.2) is 67.1 Å². The van der Waals surface area contributed by atoms with Gasteiger partial charge in [-0.05, 0) is 24.0 Å². The van der Waals surface area contributed by atoms with Gasteiger partial charge >= 0.3 is 0 Å². The minimum atomic E-state index is -3.46. The Morgan fingerprint density at radius 3 is 2.35 bits per heavy atom. The minimum Gasteiger partial charge on any atom is -0.340 e. The van der Waals surface area contributed by atoms with Crippen molar-refractivity contribution in [1.82, 2.24) is 13.5 Å². The van der Waals surface area contributed by atoms with Crippen molar-refractivity contribution in [2.75, 3.05) is 39.3 Å².